The average molecular weight is 430 g/mol. The third-order valence-corrected chi connectivity index (χ3v) is 6.45. The SMILES string of the molecule is CC/N=C(/OC)C(C)C(CNC(=O)c1nc2c(n1C)CCN(C)C2)N1CC(CC#N)C1. The monoisotopic (exact) mass is 429 g/mol. The molecule has 0 radical (unpaired) electrons. The quantitative estimate of drug-likeness (QED) is 0.490. The molecule has 1 fully saturated rings. The molecule has 1 aromatic heterocycles. The highest BCUT2D eigenvalue weighted by atomic mass is 16.5. The maximum absolute atomic E-state index is 13.0. The van der Waals surface area contributed by atoms with Crippen LogP contribution in [0.4, 0.5) is 0 Å². The van der Waals surface area contributed by atoms with Gasteiger partial charge in [0, 0.05) is 76.8 Å². The Morgan fingerprint density at radius 2 is 2.16 bits per heavy atom. The second kappa shape index (κ2) is 10.2. The molecule has 0 aliphatic carbocycles. The van der Waals surface area contributed by atoms with Crippen molar-refractivity contribution in [1.82, 2.24) is 24.7 Å². The topological polar surface area (TPSA) is 98.8 Å². The van der Waals surface area contributed by atoms with Gasteiger partial charge in [0.1, 0.15) is 0 Å². The molecule has 31 heavy (non-hydrogen) atoms. The van der Waals surface area contributed by atoms with Gasteiger partial charge in [0.15, 0.2) is 11.7 Å². The average Bonchev–Trinajstić information content (AvgIpc) is 3.05. The van der Waals surface area contributed by atoms with E-state index in [0.29, 0.717) is 37.2 Å². The van der Waals surface area contributed by atoms with Crippen molar-refractivity contribution in [3.8, 4) is 6.07 Å². The number of nitrogens with zero attached hydrogens (tertiary/aromatic N) is 6. The highest BCUT2D eigenvalue weighted by Crippen LogP contribution is 2.26. The minimum atomic E-state index is -0.155. The molecule has 3 rings (SSSR count). The zero-order valence-corrected chi connectivity index (χ0v) is 19.4. The van der Waals surface area contributed by atoms with Crippen molar-refractivity contribution in [2.75, 3.05) is 46.9 Å². The van der Waals surface area contributed by atoms with Crippen LogP contribution in [0.1, 0.15) is 42.3 Å². The molecular formula is C22H35N7O2. The number of ether oxygens (including phenoxy) is 1. The summed E-state index contributed by atoms with van der Waals surface area (Å²) >= 11 is 0. The molecule has 0 aromatic carbocycles. The predicted octanol–water partition coefficient (Wildman–Crippen LogP) is 1.05. The molecule has 3 heterocycles. The number of aromatic nitrogens is 2. The number of fused-ring (bicyclic) bond motifs is 1. The number of nitrogens with one attached hydrogen (secondary N) is 1. The summed E-state index contributed by atoms with van der Waals surface area (Å²) in [6.45, 7) is 8.64. The van der Waals surface area contributed by atoms with Crippen molar-refractivity contribution in [2.24, 2.45) is 23.9 Å². The number of carbonyl (C=O) groups is 1. The number of imidazole rings is 1. The Morgan fingerprint density at radius 1 is 1.42 bits per heavy atom. The zero-order chi connectivity index (χ0) is 22.5. The second-order valence-corrected chi connectivity index (χ2v) is 8.64. The van der Waals surface area contributed by atoms with E-state index < -0.39 is 0 Å². The number of hydrogen-bond donors (Lipinski definition) is 1. The fourth-order valence-electron chi connectivity index (χ4n) is 4.61. The van der Waals surface area contributed by atoms with Crippen LogP contribution in [-0.4, -0.2) is 84.1 Å². The summed E-state index contributed by atoms with van der Waals surface area (Å²) in [5.74, 6) is 1.42. The Morgan fingerprint density at radius 3 is 2.81 bits per heavy atom. The van der Waals surface area contributed by atoms with Gasteiger partial charge < -0.3 is 19.5 Å². The van der Waals surface area contributed by atoms with Crippen molar-refractivity contribution >= 4 is 11.8 Å². The minimum absolute atomic E-state index is 0.0245. The van der Waals surface area contributed by atoms with Crippen LogP contribution in [0, 0.1) is 23.2 Å². The molecule has 1 saturated heterocycles. The van der Waals surface area contributed by atoms with Crippen LogP contribution >= 0.6 is 0 Å². The molecule has 9 heteroatoms. The van der Waals surface area contributed by atoms with E-state index in [-0.39, 0.29) is 17.9 Å². The van der Waals surface area contributed by atoms with Crippen LogP contribution in [0.15, 0.2) is 4.99 Å². The number of aliphatic imine (C=N–C) groups is 1. The molecule has 0 saturated carbocycles. The van der Waals surface area contributed by atoms with E-state index in [2.05, 4.69) is 45.1 Å². The number of rotatable bonds is 8. The normalized spacial score (nSPS) is 19.8. The van der Waals surface area contributed by atoms with E-state index in [9.17, 15) is 4.79 Å². The molecule has 0 spiro atoms. The number of methoxy groups -OCH3 is 1. The highest BCUT2D eigenvalue weighted by Gasteiger charge is 2.37. The smallest absolute Gasteiger partial charge is 0.287 e. The first-order valence-electron chi connectivity index (χ1n) is 11.1. The van der Waals surface area contributed by atoms with Crippen molar-refractivity contribution in [1.29, 1.82) is 5.26 Å². The largest absolute Gasteiger partial charge is 0.484 e. The highest BCUT2D eigenvalue weighted by molar-refractivity contribution is 5.91. The van der Waals surface area contributed by atoms with Gasteiger partial charge in [0.25, 0.3) is 5.91 Å². The molecule has 2 atom stereocenters. The van der Waals surface area contributed by atoms with Crippen LogP contribution in [0.25, 0.3) is 0 Å². The van der Waals surface area contributed by atoms with E-state index >= 15 is 0 Å². The molecule has 2 aliphatic rings. The molecule has 2 aliphatic heterocycles. The van der Waals surface area contributed by atoms with Gasteiger partial charge in [-0.15, -0.1) is 0 Å². The lowest BCUT2D eigenvalue weighted by atomic mass is 9.90. The maximum Gasteiger partial charge on any atom is 0.287 e. The first kappa shape index (κ1) is 23.2. The number of amides is 1. The van der Waals surface area contributed by atoms with Crippen molar-refractivity contribution in [3.63, 3.8) is 0 Å². The zero-order valence-electron chi connectivity index (χ0n) is 19.4. The van der Waals surface area contributed by atoms with Crippen LogP contribution in [0.5, 0.6) is 0 Å². The molecule has 9 nitrogen and oxygen atoms in total. The third kappa shape index (κ3) is 5.08. The second-order valence-electron chi connectivity index (χ2n) is 8.64. The van der Waals surface area contributed by atoms with Crippen molar-refractivity contribution < 1.29 is 9.53 Å². The Hall–Kier alpha value is -2.44. The molecule has 1 aromatic rings. The van der Waals surface area contributed by atoms with Crippen LogP contribution in [-0.2, 0) is 24.8 Å². The van der Waals surface area contributed by atoms with Gasteiger partial charge in [-0.2, -0.15) is 5.26 Å². The summed E-state index contributed by atoms with van der Waals surface area (Å²) in [6, 6.07) is 2.30. The van der Waals surface area contributed by atoms with E-state index in [1.807, 2.05) is 18.5 Å². The number of likely N-dealkylation sites (tertiary alicyclic amines) is 1. The molecule has 1 amide bonds. The Bertz CT molecular complexity index is 851. The number of nitriles is 1. The van der Waals surface area contributed by atoms with Gasteiger partial charge >= 0.3 is 0 Å². The third-order valence-electron chi connectivity index (χ3n) is 6.45. The first-order chi connectivity index (χ1) is 14.9. The van der Waals surface area contributed by atoms with Crippen LogP contribution in [0.3, 0.4) is 0 Å². The molecular weight excluding hydrogens is 394 g/mol. The summed E-state index contributed by atoms with van der Waals surface area (Å²) in [5.41, 5.74) is 2.14. The first-order valence-corrected chi connectivity index (χ1v) is 11.1. The van der Waals surface area contributed by atoms with E-state index in [1.165, 1.54) is 0 Å². The fourth-order valence-corrected chi connectivity index (χ4v) is 4.61. The molecule has 2 unspecified atom stereocenters. The van der Waals surface area contributed by atoms with E-state index in [0.717, 1.165) is 44.0 Å². The maximum atomic E-state index is 13.0. The van der Waals surface area contributed by atoms with Gasteiger partial charge in [0.05, 0.1) is 18.9 Å². The van der Waals surface area contributed by atoms with Gasteiger partial charge in [-0.05, 0) is 19.9 Å². The minimum Gasteiger partial charge on any atom is -0.484 e. The molecule has 170 valence electrons. The lowest BCUT2D eigenvalue weighted by molar-refractivity contribution is 0.0378. The van der Waals surface area contributed by atoms with E-state index in [4.69, 9.17) is 10.00 Å². The van der Waals surface area contributed by atoms with Gasteiger partial charge in [0.2, 0.25) is 0 Å². The Labute approximate surface area is 185 Å². The fraction of sp³-hybridized carbons (Fsp3) is 0.727. The molecule has 1 N–H and O–H groups in total. The van der Waals surface area contributed by atoms with E-state index in [1.54, 1.807) is 7.11 Å². The predicted molar refractivity (Wildman–Crippen MR) is 119 cm³/mol. The summed E-state index contributed by atoms with van der Waals surface area (Å²) in [4.78, 5) is 26.7. The van der Waals surface area contributed by atoms with Crippen molar-refractivity contribution in [3.05, 3.63) is 17.2 Å². The number of likely N-dealkylation sites (N-methyl/N-ethyl adjacent to an activating group) is 1. The number of carbonyl (C=O) groups excluding carboxylic acids is 1. The number of hydrogen-bond acceptors (Lipinski definition) is 7. The summed E-state index contributed by atoms with van der Waals surface area (Å²) in [7, 11) is 5.64. The van der Waals surface area contributed by atoms with Crippen molar-refractivity contribution in [2.45, 2.75) is 39.3 Å². The van der Waals surface area contributed by atoms with Crippen LogP contribution in [0.2, 0.25) is 0 Å². The summed E-state index contributed by atoms with van der Waals surface area (Å²) in [5, 5.41) is 12.1. The van der Waals surface area contributed by atoms with Gasteiger partial charge in [-0.1, -0.05) is 6.92 Å². The Balaban J connectivity index is 1.71. The lowest BCUT2D eigenvalue weighted by Crippen LogP contribution is -2.58. The standard InChI is InChI=1S/C22H35N7O2/c1-6-24-22(31-5)15(2)19(29-12-16(13-29)7-9-23)11-25-21(30)20-26-17-14-27(3)10-8-18(17)28(20)4/h15-16,19H,6-8,10-14H2,1-5H3,(H,25,30)/b24-22+. The summed E-state index contributed by atoms with van der Waals surface area (Å²) in [6.07, 6.45) is 1.47. The molecule has 0 bridgehead atoms. The van der Waals surface area contributed by atoms with Gasteiger partial charge in [-0.25, -0.2) is 4.98 Å². The van der Waals surface area contributed by atoms with Gasteiger partial charge in [-0.3, -0.25) is 14.7 Å². The van der Waals surface area contributed by atoms with Crippen LogP contribution < -0.4 is 5.32 Å². The summed E-state index contributed by atoms with van der Waals surface area (Å²) < 4.78 is 7.47. The lowest BCUT2D eigenvalue weighted by Gasteiger charge is -2.45. The Kier molecular flexibility index (Phi) is 7.68.